The highest BCUT2D eigenvalue weighted by atomic mass is 32.1. The van der Waals surface area contributed by atoms with Crippen LogP contribution in [0.3, 0.4) is 0 Å². The Morgan fingerprint density at radius 3 is 2.68 bits per heavy atom. The molecule has 0 spiro atoms. The van der Waals surface area contributed by atoms with Crippen molar-refractivity contribution in [1.82, 2.24) is 15.3 Å². The lowest BCUT2D eigenvalue weighted by molar-refractivity contribution is -0.135. The number of nitrogens with zero attached hydrogens (tertiary/aromatic N) is 3. The van der Waals surface area contributed by atoms with E-state index in [0.717, 1.165) is 0 Å². The van der Waals surface area contributed by atoms with Crippen molar-refractivity contribution in [3.8, 4) is 0 Å². The van der Waals surface area contributed by atoms with E-state index in [-0.39, 0.29) is 11.5 Å². The monoisotopic (exact) mass is 279 g/mol. The van der Waals surface area contributed by atoms with Gasteiger partial charge in [-0.05, 0) is 13.8 Å². The lowest BCUT2D eigenvalue weighted by atomic mass is 9.98. The van der Waals surface area contributed by atoms with Crippen molar-refractivity contribution in [3.05, 3.63) is 18.1 Å². The number of carbonyl (C=O) groups is 2. The molecule has 2 heterocycles. The molecule has 2 amide bonds. The number of nitrogens with two attached hydrogens (primary N) is 1. The summed E-state index contributed by atoms with van der Waals surface area (Å²) >= 11 is 4.92. The molecule has 1 fully saturated rings. The standard InChI is InChI=1S/C11H13N5O2S/c1-11(2)10(18)15-6(17)5-16(11)9-7(8(12)19)13-3-4-14-9/h3-4H,5H2,1-2H3,(H2,12,19)(H,15,17,18). The molecule has 1 saturated heterocycles. The van der Waals surface area contributed by atoms with E-state index < -0.39 is 17.4 Å². The molecule has 1 aliphatic rings. The fourth-order valence-electron chi connectivity index (χ4n) is 1.82. The Labute approximate surface area is 115 Å². The van der Waals surface area contributed by atoms with E-state index in [1.54, 1.807) is 18.7 Å². The number of amides is 2. The fraction of sp³-hybridized carbons (Fsp3) is 0.364. The van der Waals surface area contributed by atoms with E-state index in [2.05, 4.69) is 15.3 Å². The van der Waals surface area contributed by atoms with Crippen LogP contribution >= 0.6 is 12.2 Å². The van der Waals surface area contributed by atoms with Crippen LogP contribution in [0.2, 0.25) is 0 Å². The number of thiocarbonyl (C=S) groups is 1. The van der Waals surface area contributed by atoms with Gasteiger partial charge in [-0.15, -0.1) is 0 Å². The Hall–Kier alpha value is -2.09. The van der Waals surface area contributed by atoms with Crippen molar-refractivity contribution in [2.75, 3.05) is 11.4 Å². The van der Waals surface area contributed by atoms with E-state index in [4.69, 9.17) is 18.0 Å². The SMILES string of the molecule is CC1(C)C(=O)NC(=O)CN1c1nccnc1C(N)=S. The summed E-state index contributed by atoms with van der Waals surface area (Å²) in [5.74, 6) is -0.463. The number of hydrogen-bond acceptors (Lipinski definition) is 6. The second-order valence-corrected chi connectivity index (χ2v) is 5.06. The molecule has 100 valence electrons. The van der Waals surface area contributed by atoms with Gasteiger partial charge in [0.2, 0.25) is 5.91 Å². The summed E-state index contributed by atoms with van der Waals surface area (Å²) in [6.07, 6.45) is 2.92. The second-order valence-electron chi connectivity index (χ2n) is 4.62. The first kappa shape index (κ1) is 13.3. The van der Waals surface area contributed by atoms with Gasteiger partial charge in [0.15, 0.2) is 5.82 Å². The van der Waals surface area contributed by atoms with Crippen molar-refractivity contribution in [2.45, 2.75) is 19.4 Å². The van der Waals surface area contributed by atoms with Gasteiger partial charge in [-0.1, -0.05) is 12.2 Å². The van der Waals surface area contributed by atoms with E-state index in [1.807, 2.05) is 0 Å². The maximum Gasteiger partial charge on any atom is 0.251 e. The topological polar surface area (TPSA) is 101 Å². The van der Waals surface area contributed by atoms with Gasteiger partial charge in [-0.3, -0.25) is 14.9 Å². The molecule has 1 aromatic heterocycles. The van der Waals surface area contributed by atoms with Gasteiger partial charge in [0.1, 0.15) is 16.2 Å². The summed E-state index contributed by atoms with van der Waals surface area (Å²) in [5, 5.41) is 2.29. The molecule has 0 radical (unpaired) electrons. The molecule has 0 unspecified atom stereocenters. The molecule has 2 rings (SSSR count). The first-order valence-corrected chi connectivity index (χ1v) is 5.97. The largest absolute Gasteiger partial charge is 0.388 e. The minimum Gasteiger partial charge on any atom is -0.388 e. The molecule has 3 N–H and O–H groups in total. The zero-order chi connectivity index (χ0) is 14.2. The molecule has 0 atom stereocenters. The molecule has 1 aliphatic heterocycles. The maximum absolute atomic E-state index is 11.9. The summed E-state index contributed by atoms with van der Waals surface area (Å²) in [6.45, 7) is 3.37. The zero-order valence-electron chi connectivity index (χ0n) is 10.5. The normalized spacial score (nSPS) is 18.1. The number of hydrogen-bond donors (Lipinski definition) is 2. The van der Waals surface area contributed by atoms with Crippen LogP contribution in [0, 0.1) is 0 Å². The number of rotatable bonds is 2. The van der Waals surface area contributed by atoms with Crippen molar-refractivity contribution >= 4 is 34.8 Å². The molecule has 19 heavy (non-hydrogen) atoms. The van der Waals surface area contributed by atoms with Crippen LogP contribution in [0.15, 0.2) is 12.4 Å². The van der Waals surface area contributed by atoms with Gasteiger partial charge in [0, 0.05) is 12.4 Å². The summed E-state index contributed by atoms with van der Waals surface area (Å²) in [4.78, 5) is 33.3. The summed E-state index contributed by atoms with van der Waals surface area (Å²) in [6, 6.07) is 0. The molecule has 0 aliphatic carbocycles. The average Bonchev–Trinajstić information content (AvgIpc) is 2.34. The molecule has 8 heteroatoms. The van der Waals surface area contributed by atoms with Crippen LogP contribution in [0.25, 0.3) is 0 Å². The Kier molecular flexibility index (Phi) is 3.19. The van der Waals surface area contributed by atoms with Crippen LogP contribution in [0.5, 0.6) is 0 Å². The highest BCUT2D eigenvalue weighted by molar-refractivity contribution is 7.80. The Balaban J connectivity index is 2.53. The van der Waals surface area contributed by atoms with Crippen molar-refractivity contribution in [2.24, 2.45) is 5.73 Å². The second kappa shape index (κ2) is 4.54. The summed E-state index contributed by atoms with van der Waals surface area (Å²) in [7, 11) is 0. The quantitative estimate of drug-likeness (QED) is 0.548. The molecule has 0 aromatic carbocycles. The van der Waals surface area contributed by atoms with E-state index >= 15 is 0 Å². The predicted octanol–water partition coefficient (Wildman–Crippen LogP) is -0.648. The van der Waals surface area contributed by atoms with Crippen LogP contribution in [-0.4, -0.2) is 38.9 Å². The molecule has 0 saturated carbocycles. The van der Waals surface area contributed by atoms with Gasteiger partial charge in [0.05, 0.1) is 6.54 Å². The first-order chi connectivity index (χ1) is 8.84. The Morgan fingerprint density at radius 1 is 1.42 bits per heavy atom. The van der Waals surface area contributed by atoms with Crippen molar-refractivity contribution < 1.29 is 9.59 Å². The first-order valence-electron chi connectivity index (χ1n) is 5.56. The highest BCUT2D eigenvalue weighted by Gasteiger charge is 2.42. The van der Waals surface area contributed by atoms with Crippen LogP contribution in [0.1, 0.15) is 19.5 Å². The third-order valence-corrected chi connectivity index (χ3v) is 3.15. The molecule has 1 aromatic rings. The Morgan fingerprint density at radius 2 is 2.05 bits per heavy atom. The number of carbonyl (C=O) groups excluding carboxylic acids is 2. The third kappa shape index (κ3) is 2.26. The molecule has 7 nitrogen and oxygen atoms in total. The lowest BCUT2D eigenvalue weighted by Crippen LogP contribution is -2.64. The van der Waals surface area contributed by atoms with Gasteiger partial charge in [0.25, 0.3) is 5.91 Å². The number of aromatic nitrogens is 2. The van der Waals surface area contributed by atoms with Crippen LogP contribution in [-0.2, 0) is 9.59 Å². The summed E-state index contributed by atoms with van der Waals surface area (Å²) in [5.41, 5.74) is 4.95. The van der Waals surface area contributed by atoms with Crippen LogP contribution in [0.4, 0.5) is 5.82 Å². The van der Waals surface area contributed by atoms with Gasteiger partial charge in [-0.25, -0.2) is 9.97 Å². The van der Waals surface area contributed by atoms with Gasteiger partial charge >= 0.3 is 0 Å². The smallest absolute Gasteiger partial charge is 0.251 e. The van der Waals surface area contributed by atoms with Crippen LogP contribution < -0.4 is 16.0 Å². The van der Waals surface area contributed by atoms with E-state index in [0.29, 0.717) is 11.5 Å². The highest BCUT2D eigenvalue weighted by Crippen LogP contribution is 2.26. The minimum absolute atomic E-state index is 0.00690. The fourth-order valence-corrected chi connectivity index (χ4v) is 1.97. The van der Waals surface area contributed by atoms with E-state index in [9.17, 15) is 9.59 Å². The molecular formula is C11H13N5O2S. The number of nitrogens with one attached hydrogen (secondary N) is 1. The lowest BCUT2D eigenvalue weighted by Gasteiger charge is -2.41. The third-order valence-electron chi connectivity index (χ3n) is 2.95. The molecular weight excluding hydrogens is 266 g/mol. The number of anilines is 1. The molecule has 0 bridgehead atoms. The van der Waals surface area contributed by atoms with E-state index in [1.165, 1.54) is 12.4 Å². The number of piperazine rings is 1. The minimum atomic E-state index is -0.941. The zero-order valence-corrected chi connectivity index (χ0v) is 11.3. The van der Waals surface area contributed by atoms with Crippen molar-refractivity contribution in [3.63, 3.8) is 0 Å². The van der Waals surface area contributed by atoms with Gasteiger partial charge < -0.3 is 10.6 Å². The summed E-state index contributed by atoms with van der Waals surface area (Å²) < 4.78 is 0. The maximum atomic E-state index is 11.9. The average molecular weight is 279 g/mol. The predicted molar refractivity (Wildman–Crippen MR) is 72.5 cm³/mol. The van der Waals surface area contributed by atoms with Gasteiger partial charge in [-0.2, -0.15) is 0 Å². The number of imide groups is 1. The van der Waals surface area contributed by atoms with Crippen molar-refractivity contribution in [1.29, 1.82) is 0 Å². The Bertz CT molecular complexity index is 572.